The zero-order valence-electron chi connectivity index (χ0n) is 28.0. The minimum Gasteiger partial charge on any atom is -0.493 e. The van der Waals surface area contributed by atoms with Crippen LogP contribution in [0.4, 0.5) is 4.79 Å². The zero-order valence-corrected chi connectivity index (χ0v) is 29.5. The smallest absolute Gasteiger partial charge is 0.326 e. The maximum atomic E-state index is 15.0. The van der Waals surface area contributed by atoms with E-state index in [1.807, 2.05) is 80.3 Å². The van der Waals surface area contributed by atoms with Crippen LogP contribution in [0.2, 0.25) is 10.0 Å². The molecule has 2 aliphatic heterocycles. The van der Waals surface area contributed by atoms with E-state index in [9.17, 15) is 10.2 Å². The molecule has 0 saturated carbocycles. The number of ether oxygens (including phenoxy) is 1. The molecule has 1 unspecified atom stereocenters. The first kappa shape index (κ1) is 35.1. The summed E-state index contributed by atoms with van der Waals surface area (Å²) in [5.74, 6) is 1.06. The van der Waals surface area contributed by atoms with E-state index in [1.165, 1.54) is 0 Å². The molecular formula is C36H45Cl2N5O4. The summed E-state index contributed by atoms with van der Waals surface area (Å²) >= 11 is 12.7. The van der Waals surface area contributed by atoms with Crippen molar-refractivity contribution >= 4 is 35.1 Å². The molecule has 1 fully saturated rings. The van der Waals surface area contributed by atoms with E-state index in [0.29, 0.717) is 66.5 Å². The zero-order chi connectivity index (χ0) is 34.1. The summed E-state index contributed by atoms with van der Waals surface area (Å²) in [5, 5.41) is 20.6. The molecule has 47 heavy (non-hydrogen) atoms. The summed E-state index contributed by atoms with van der Waals surface area (Å²) in [7, 11) is 0. The van der Waals surface area contributed by atoms with E-state index in [0.717, 1.165) is 16.8 Å². The number of aliphatic hydroxyl groups excluding tert-OH is 2. The number of carbonyl (C=O) groups is 1. The second-order valence-electron chi connectivity index (χ2n) is 13.6. The predicted octanol–water partition coefficient (Wildman–Crippen LogP) is 6.07. The summed E-state index contributed by atoms with van der Waals surface area (Å²) in [6.07, 6.45) is 0.942. The van der Waals surface area contributed by atoms with Crippen molar-refractivity contribution in [1.29, 1.82) is 0 Å². The van der Waals surface area contributed by atoms with E-state index < -0.39 is 17.2 Å². The molecular weight excluding hydrogens is 637 g/mol. The number of carbonyl (C=O) groups excluding carboxylic acids is 1. The van der Waals surface area contributed by atoms with Crippen LogP contribution in [0.1, 0.15) is 63.9 Å². The quantitative estimate of drug-likeness (QED) is 0.299. The minimum atomic E-state index is -1.03. The van der Waals surface area contributed by atoms with Crippen LogP contribution in [0.5, 0.6) is 5.75 Å². The number of halogens is 2. The van der Waals surface area contributed by atoms with Crippen molar-refractivity contribution in [2.24, 2.45) is 4.99 Å². The number of hydrogen-bond acceptors (Lipinski definition) is 7. The Hall–Kier alpha value is -3.21. The van der Waals surface area contributed by atoms with Gasteiger partial charge < -0.3 is 19.8 Å². The Morgan fingerprint density at radius 1 is 0.979 bits per heavy atom. The molecule has 2 aromatic carbocycles. The van der Waals surface area contributed by atoms with Crippen molar-refractivity contribution in [2.45, 2.75) is 64.1 Å². The number of amides is 2. The first-order valence-electron chi connectivity index (χ1n) is 16.1. The monoisotopic (exact) mass is 681 g/mol. The van der Waals surface area contributed by atoms with Crippen LogP contribution in [0.15, 0.2) is 65.8 Å². The summed E-state index contributed by atoms with van der Waals surface area (Å²) in [5.41, 5.74) is 0.986. The normalized spacial score (nSPS) is 22.7. The number of piperazine rings is 1. The van der Waals surface area contributed by atoms with Gasteiger partial charge in [0.25, 0.3) is 0 Å². The maximum absolute atomic E-state index is 15.0. The van der Waals surface area contributed by atoms with Gasteiger partial charge in [0, 0.05) is 66.1 Å². The van der Waals surface area contributed by atoms with Gasteiger partial charge in [-0.2, -0.15) is 0 Å². The molecule has 1 saturated heterocycles. The molecule has 0 radical (unpaired) electrons. The van der Waals surface area contributed by atoms with Gasteiger partial charge in [-0.25, -0.2) is 4.79 Å². The van der Waals surface area contributed by atoms with Gasteiger partial charge in [0.1, 0.15) is 22.7 Å². The molecule has 252 valence electrons. The lowest BCUT2D eigenvalue weighted by Crippen LogP contribution is -2.61. The summed E-state index contributed by atoms with van der Waals surface area (Å²) in [4.78, 5) is 31.1. The highest BCUT2D eigenvalue weighted by Gasteiger charge is 2.60. The highest BCUT2D eigenvalue weighted by atomic mass is 35.5. The topological polar surface area (TPSA) is 102 Å². The number of nitrogens with zero attached hydrogens (tertiary/aromatic N) is 5. The van der Waals surface area contributed by atoms with Gasteiger partial charge in [-0.3, -0.25) is 19.8 Å². The van der Waals surface area contributed by atoms with Crippen LogP contribution in [-0.2, 0) is 16.5 Å². The molecule has 3 heterocycles. The standard InChI is InChI=1S/C36H45Cl2N5O4/c1-7-47-30-20-31(34(2,3)4)39-21-29(30)32-40-35(5,24-8-12-26(37)13-9-24)36(6,25-10-14-27(38)15-11-25)43(32)33(46)42-18-16-41(17-19-42)22-28(45)23-44/h8-15,20-21,28,44-45H,7,16-19,22-23H2,1-6H3/t28?,35-,36+/m0/s1. The molecule has 2 N–H and O–H groups in total. The van der Waals surface area contributed by atoms with Crippen LogP contribution < -0.4 is 4.74 Å². The van der Waals surface area contributed by atoms with Gasteiger partial charge in [-0.1, -0.05) is 68.2 Å². The number of pyridine rings is 1. The van der Waals surface area contributed by atoms with Gasteiger partial charge >= 0.3 is 6.03 Å². The fraction of sp³-hybridized carbons (Fsp3) is 0.472. The SMILES string of the molecule is CCOc1cc(C(C)(C)C)ncc1C1=N[C@@](C)(c2ccc(Cl)cc2)[C@@](C)(c2ccc(Cl)cc2)N1C(=O)N1CCN(CC(O)CO)CC1. The molecule has 9 nitrogen and oxygen atoms in total. The lowest BCUT2D eigenvalue weighted by Gasteiger charge is -2.47. The molecule has 3 atom stereocenters. The van der Waals surface area contributed by atoms with Crippen molar-refractivity contribution in [3.8, 4) is 5.75 Å². The van der Waals surface area contributed by atoms with E-state index in [-0.39, 0.29) is 18.1 Å². The lowest BCUT2D eigenvalue weighted by molar-refractivity contribution is 0.0390. The van der Waals surface area contributed by atoms with E-state index >= 15 is 4.79 Å². The minimum absolute atomic E-state index is 0.205. The van der Waals surface area contributed by atoms with Crippen molar-refractivity contribution in [1.82, 2.24) is 19.7 Å². The van der Waals surface area contributed by atoms with Crippen LogP contribution in [-0.4, -0.2) is 93.8 Å². The number of rotatable bonds is 8. The molecule has 0 spiro atoms. The number of urea groups is 1. The first-order chi connectivity index (χ1) is 22.2. The second-order valence-corrected chi connectivity index (χ2v) is 14.5. The first-order valence-corrected chi connectivity index (χ1v) is 16.8. The van der Waals surface area contributed by atoms with Crippen LogP contribution in [0.3, 0.4) is 0 Å². The average molecular weight is 683 g/mol. The van der Waals surface area contributed by atoms with Crippen molar-refractivity contribution in [3.05, 3.63) is 93.2 Å². The highest BCUT2D eigenvalue weighted by molar-refractivity contribution is 6.30. The van der Waals surface area contributed by atoms with E-state index in [4.69, 9.17) is 37.9 Å². The number of aromatic nitrogens is 1. The third kappa shape index (κ3) is 6.74. The Balaban J connectivity index is 1.71. The predicted molar refractivity (Wildman–Crippen MR) is 187 cm³/mol. The Morgan fingerprint density at radius 3 is 2.09 bits per heavy atom. The van der Waals surface area contributed by atoms with Gasteiger partial charge in [0.15, 0.2) is 0 Å². The van der Waals surface area contributed by atoms with Crippen LogP contribution in [0.25, 0.3) is 0 Å². The largest absolute Gasteiger partial charge is 0.493 e. The summed E-state index contributed by atoms with van der Waals surface area (Å²) in [6, 6.07) is 16.9. The molecule has 5 rings (SSSR count). The van der Waals surface area contributed by atoms with E-state index in [2.05, 4.69) is 25.7 Å². The van der Waals surface area contributed by atoms with E-state index in [1.54, 1.807) is 11.1 Å². The fourth-order valence-electron chi connectivity index (χ4n) is 6.48. The third-order valence-electron chi connectivity index (χ3n) is 9.44. The van der Waals surface area contributed by atoms with Crippen LogP contribution in [0, 0.1) is 0 Å². The summed E-state index contributed by atoms with van der Waals surface area (Å²) in [6.45, 7) is 14.8. The van der Waals surface area contributed by atoms with Gasteiger partial charge in [0.2, 0.25) is 0 Å². The molecule has 3 aromatic rings. The summed E-state index contributed by atoms with van der Waals surface area (Å²) < 4.78 is 6.24. The second kappa shape index (κ2) is 13.7. The Labute approximate surface area is 287 Å². The molecule has 1 aromatic heterocycles. The Kier molecular flexibility index (Phi) is 10.3. The Morgan fingerprint density at radius 2 is 1.55 bits per heavy atom. The molecule has 11 heteroatoms. The van der Waals surface area contributed by atoms with Crippen molar-refractivity contribution in [3.63, 3.8) is 0 Å². The average Bonchev–Trinajstić information content (AvgIpc) is 3.29. The number of β-amino-alcohol motifs (C(OH)–C–C–N with tert-alkyl or cyclic N) is 1. The lowest BCUT2D eigenvalue weighted by atomic mass is 9.71. The fourth-order valence-corrected chi connectivity index (χ4v) is 6.73. The number of benzene rings is 2. The van der Waals surface area contributed by atoms with Crippen molar-refractivity contribution in [2.75, 3.05) is 45.9 Å². The molecule has 2 amide bonds. The number of aliphatic imine (C=N–C) groups is 1. The maximum Gasteiger partial charge on any atom is 0.326 e. The molecule has 0 aliphatic carbocycles. The number of hydrogen-bond donors (Lipinski definition) is 2. The van der Waals surface area contributed by atoms with Crippen LogP contribution >= 0.6 is 23.2 Å². The number of aliphatic hydroxyl groups is 2. The van der Waals surface area contributed by atoms with Gasteiger partial charge in [-0.05, 0) is 56.2 Å². The molecule has 2 aliphatic rings. The van der Waals surface area contributed by atoms with Gasteiger partial charge in [0.05, 0.1) is 24.9 Å². The van der Waals surface area contributed by atoms with Gasteiger partial charge in [-0.15, -0.1) is 0 Å². The molecule has 0 bridgehead atoms. The third-order valence-corrected chi connectivity index (χ3v) is 9.94. The van der Waals surface area contributed by atoms with Crippen molar-refractivity contribution < 1.29 is 19.7 Å². The highest BCUT2D eigenvalue weighted by Crippen LogP contribution is 2.54. The number of amidine groups is 1. The Bertz CT molecular complexity index is 1600.